The molecule has 5 rings (SSSR count). The number of fused-ring (bicyclic) bond motifs is 1. The van der Waals surface area contributed by atoms with Crippen molar-refractivity contribution in [2.75, 3.05) is 37.8 Å². The Bertz CT molecular complexity index is 1440. The fourth-order valence-electron chi connectivity index (χ4n) is 4.57. The van der Waals surface area contributed by atoms with Crippen LogP contribution in [0.3, 0.4) is 0 Å². The van der Waals surface area contributed by atoms with Gasteiger partial charge in [0.15, 0.2) is 0 Å². The minimum Gasteiger partial charge on any atom is -0.446 e. The van der Waals surface area contributed by atoms with E-state index in [1.807, 2.05) is 58.8 Å². The normalized spacial score (nSPS) is 13.7. The third-order valence-corrected chi connectivity index (χ3v) is 7.13. The Balaban J connectivity index is 1.57. The summed E-state index contributed by atoms with van der Waals surface area (Å²) in [5, 5.41) is 2.64. The molecule has 10 heteroatoms. The van der Waals surface area contributed by atoms with Gasteiger partial charge in [-0.2, -0.15) is 0 Å². The number of esters is 1. The Morgan fingerprint density at radius 3 is 2.44 bits per heavy atom. The van der Waals surface area contributed by atoms with Crippen LogP contribution in [0.1, 0.15) is 25.6 Å². The lowest BCUT2D eigenvalue weighted by Gasteiger charge is -2.37. The average molecular weight is 504 g/mol. The average Bonchev–Trinajstić information content (AvgIpc) is 3.45. The number of benzene rings is 1. The number of hydrogen-bond donors (Lipinski definition) is 1. The van der Waals surface area contributed by atoms with Gasteiger partial charge in [-0.25, -0.2) is 4.79 Å². The molecule has 1 fully saturated rings. The van der Waals surface area contributed by atoms with Crippen molar-refractivity contribution >= 4 is 39.8 Å². The van der Waals surface area contributed by atoms with Crippen molar-refractivity contribution < 1.29 is 14.3 Å². The van der Waals surface area contributed by atoms with Crippen molar-refractivity contribution in [2.24, 2.45) is 5.73 Å². The highest BCUT2D eigenvalue weighted by Gasteiger charge is 2.30. The number of nitrogens with two attached hydrogens (primary N) is 1. The van der Waals surface area contributed by atoms with Crippen LogP contribution in [-0.2, 0) is 11.3 Å². The van der Waals surface area contributed by atoms with Gasteiger partial charge in [-0.05, 0) is 35.2 Å². The number of rotatable bonds is 6. The van der Waals surface area contributed by atoms with Crippen LogP contribution in [0.4, 0.5) is 5.69 Å². The number of thiophene rings is 1. The number of para-hydroxylation sites is 1. The molecule has 2 N–H and O–H groups in total. The van der Waals surface area contributed by atoms with Crippen LogP contribution in [0.2, 0.25) is 0 Å². The fraction of sp³-hybridized carbons (Fsp3) is 0.231. The lowest BCUT2D eigenvalue weighted by atomic mass is 10.1. The van der Waals surface area contributed by atoms with Gasteiger partial charge in [0.1, 0.15) is 12.3 Å². The first kappa shape index (κ1) is 23.7. The van der Waals surface area contributed by atoms with Gasteiger partial charge in [-0.15, -0.1) is 11.3 Å². The van der Waals surface area contributed by atoms with Crippen LogP contribution in [0.25, 0.3) is 10.9 Å². The number of nitrogens with zero attached hydrogens (tertiary/aromatic N) is 4. The predicted octanol–water partition coefficient (Wildman–Crippen LogP) is 2.54. The minimum absolute atomic E-state index is 0.00922. The monoisotopic (exact) mass is 503 g/mol. The Kier molecular flexibility index (Phi) is 6.79. The first-order valence-electron chi connectivity index (χ1n) is 11.6. The molecule has 1 saturated heterocycles. The summed E-state index contributed by atoms with van der Waals surface area (Å²) >= 11 is 1.41. The molecule has 0 bridgehead atoms. The second-order valence-corrected chi connectivity index (χ2v) is 9.29. The third-order valence-electron chi connectivity index (χ3n) is 6.27. The number of piperazine rings is 1. The molecule has 1 amide bonds. The summed E-state index contributed by atoms with van der Waals surface area (Å²) in [5.41, 5.74) is 7.10. The van der Waals surface area contributed by atoms with E-state index in [9.17, 15) is 14.4 Å². The number of ether oxygens (including phenoxy) is 1. The summed E-state index contributed by atoms with van der Waals surface area (Å²) in [7, 11) is 0. The second-order valence-electron chi connectivity index (χ2n) is 8.34. The molecule has 184 valence electrons. The SMILES string of the molecule is NCOC(=O)c1c(N2CCN(C(=O)c3cccs3)CC2)c2ccccc2n(Cc2ccncc2)c1=O. The highest BCUT2D eigenvalue weighted by Crippen LogP contribution is 2.31. The maximum absolute atomic E-state index is 13.8. The largest absolute Gasteiger partial charge is 0.446 e. The Labute approximate surface area is 211 Å². The number of anilines is 1. The lowest BCUT2D eigenvalue weighted by Crippen LogP contribution is -2.49. The number of pyridine rings is 2. The quantitative estimate of drug-likeness (QED) is 0.318. The zero-order valence-electron chi connectivity index (χ0n) is 19.5. The second kappa shape index (κ2) is 10.3. The molecule has 1 aliphatic rings. The number of aromatic nitrogens is 2. The van der Waals surface area contributed by atoms with Crippen LogP contribution >= 0.6 is 11.3 Å². The highest BCUT2D eigenvalue weighted by molar-refractivity contribution is 7.12. The van der Waals surface area contributed by atoms with Crippen LogP contribution < -0.4 is 16.2 Å². The summed E-state index contributed by atoms with van der Waals surface area (Å²) < 4.78 is 6.71. The topological polar surface area (TPSA) is 111 Å². The summed E-state index contributed by atoms with van der Waals surface area (Å²) in [6.45, 7) is 1.81. The lowest BCUT2D eigenvalue weighted by molar-refractivity contribution is 0.0512. The highest BCUT2D eigenvalue weighted by atomic mass is 32.1. The van der Waals surface area contributed by atoms with Gasteiger partial charge in [-0.3, -0.25) is 20.3 Å². The van der Waals surface area contributed by atoms with Crippen LogP contribution in [0, 0.1) is 0 Å². The molecule has 3 aromatic heterocycles. The first-order chi connectivity index (χ1) is 17.6. The van der Waals surface area contributed by atoms with Gasteiger partial charge in [-0.1, -0.05) is 24.3 Å². The van der Waals surface area contributed by atoms with Crippen LogP contribution in [-0.4, -0.2) is 59.2 Å². The molecule has 0 aliphatic carbocycles. The van der Waals surface area contributed by atoms with Crippen molar-refractivity contribution in [1.29, 1.82) is 0 Å². The standard InChI is InChI=1S/C26H25N5O4S/c27-17-35-26(34)22-23(29-11-13-30(14-12-29)24(32)21-6-3-15-36-21)19-4-1-2-5-20(19)31(25(22)33)16-18-7-9-28-10-8-18/h1-10,15H,11-14,16-17,27H2. The van der Waals surface area contributed by atoms with E-state index in [1.54, 1.807) is 21.9 Å². The molecule has 0 saturated carbocycles. The maximum Gasteiger partial charge on any atom is 0.347 e. The molecule has 9 nitrogen and oxygen atoms in total. The van der Waals surface area contributed by atoms with E-state index in [2.05, 4.69) is 4.98 Å². The summed E-state index contributed by atoms with van der Waals surface area (Å²) in [6.07, 6.45) is 3.33. The van der Waals surface area contributed by atoms with Crippen molar-refractivity contribution in [3.05, 3.63) is 92.7 Å². The van der Waals surface area contributed by atoms with E-state index >= 15 is 0 Å². The number of carbonyl (C=O) groups excluding carboxylic acids is 2. The van der Waals surface area contributed by atoms with Crippen molar-refractivity contribution in [1.82, 2.24) is 14.5 Å². The maximum atomic E-state index is 13.8. The molecule has 36 heavy (non-hydrogen) atoms. The molecule has 0 atom stereocenters. The van der Waals surface area contributed by atoms with E-state index in [0.29, 0.717) is 42.3 Å². The fourth-order valence-corrected chi connectivity index (χ4v) is 5.26. The van der Waals surface area contributed by atoms with E-state index in [-0.39, 0.29) is 24.7 Å². The van der Waals surface area contributed by atoms with Gasteiger partial charge in [0.25, 0.3) is 11.5 Å². The molecule has 0 radical (unpaired) electrons. The zero-order chi connectivity index (χ0) is 25.1. The summed E-state index contributed by atoms with van der Waals surface area (Å²) in [5.74, 6) is -0.770. The summed E-state index contributed by atoms with van der Waals surface area (Å²) in [6, 6.07) is 14.8. The van der Waals surface area contributed by atoms with Crippen molar-refractivity contribution in [3.8, 4) is 0 Å². The molecule has 0 unspecified atom stereocenters. The van der Waals surface area contributed by atoms with Crippen molar-refractivity contribution in [2.45, 2.75) is 6.54 Å². The molecular formula is C26H25N5O4S. The van der Waals surface area contributed by atoms with Crippen LogP contribution in [0.15, 0.2) is 71.1 Å². The van der Waals surface area contributed by atoms with E-state index in [4.69, 9.17) is 10.5 Å². The number of hydrogen-bond acceptors (Lipinski definition) is 8. The third kappa shape index (κ3) is 4.48. The Morgan fingerprint density at radius 2 is 1.75 bits per heavy atom. The minimum atomic E-state index is -0.760. The number of carbonyl (C=O) groups is 2. The van der Waals surface area contributed by atoms with Gasteiger partial charge in [0.05, 0.1) is 22.6 Å². The Hall–Kier alpha value is -4.02. The summed E-state index contributed by atoms with van der Waals surface area (Å²) in [4.78, 5) is 48.2. The van der Waals surface area contributed by atoms with Gasteiger partial charge in [0, 0.05) is 44.0 Å². The molecule has 1 aliphatic heterocycles. The van der Waals surface area contributed by atoms with Gasteiger partial charge >= 0.3 is 5.97 Å². The van der Waals surface area contributed by atoms with Gasteiger partial charge in [0.2, 0.25) is 0 Å². The molecule has 0 spiro atoms. The van der Waals surface area contributed by atoms with Crippen LogP contribution in [0.5, 0.6) is 0 Å². The zero-order valence-corrected chi connectivity index (χ0v) is 20.3. The molecular weight excluding hydrogens is 478 g/mol. The molecule has 4 aromatic rings. The van der Waals surface area contributed by atoms with E-state index in [0.717, 1.165) is 10.9 Å². The molecule has 4 heterocycles. The van der Waals surface area contributed by atoms with Crippen molar-refractivity contribution in [3.63, 3.8) is 0 Å². The van der Waals surface area contributed by atoms with E-state index in [1.165, 1.54) is 11.3 Å². The smallest absolute Gasteiger partial charge is 0.347 e. The first-order valence-corrected chi connectivity index (χ1v) is 12.5. The number of amides is 1. The Morgan fingerprint density at radius 1 is 1.00 bits per heavy atom. The predicted molar refractivity (Wildman–Crippen MR) is 138 cm³/mol. The van der Waals surface area contributed by atoms with Gasteiger partial charge < -0.3 is 19.1 Å². The molecule has 1 aromatic carbocycles. The van der Waals surface area contributed by atoms with E-state index < -0.39 is 11.5 Å².